The molecule has 1 amide bonds. The number of benzene rings is 1. The maximum Gasteiger partial charge on any atom is 0.227 e. The van der Waals surface area contributed by atoms with Crippen molar-refractivity contribution in [1.82, 2.24) is 24.9 Å². The highest BCUT2D eigenvalue weighted by Crippen LogP contribution is 2.31. The van der Waals surface area contributed by atoms with E-state index in [-0.39, 0.29) is 24.0 Å². The molecule has 2 aromatic rings. The molecule has 5 rings (SSSR count). The summed E-state index contributed by atoms with van der Waals surface area (Å²) in [5, 5.41) is 8.17. The van der Waals surface area contributed by atoms with E-state index in [9.17, 15) is 4.79 Å². The summed E-state index contributed by atoms with van der Waals surface area (Å²) in [6.07, 6.45) is 4.54. The van der Waals surface area contributed by atoms with Gasteiger partial charge in [0, 0.05) is 31.5 Å². The van der Waals surface area contributed by atoms with Gasteiger partial charge in [-0.3, -0.25) is 19.7 Å². The maximum atomic E-state index is 13.6. The molecule has 0 spiro atoms. The molecule has 172 valence electrons. The minimum absolute atomic E-state index is 0.105. The number of halogens is 2. The van der Waals surface area contributed by atoms with Crippen LogP contribution in [0, 0.1) is 0 Å². The zero-order chi connectivity index (χ0) is 22.1. The number of aromatic amines is 1. The van der Waals surface area contributed by atoms with Gasteiger partial charge in [-0.15, -0.1) is 0 Å². The summed E-state index contributed by atoms with van der Waals surface area (Å²) in [6.45, 7) is 5.77. The SMILES string of the molecule is O=C(Cc1ccc(Cl)c(Cl)c1)N1CCN(Cc2ccn[nH]2)C2COCC(N3CCCC3)[C@H]21. The molecule has 1 aromatic heterocycles. The van der Waals surface area contributed by atoms with Gasteiger partial charge >= 0.3 is 0 Å². The lowest BCUT2D eigenvalue weighted by molar-refractivity contribution is -0.153. The molecule has 3 aliphatic rings. The topological polar surface area (TPSA) is 64.7 Å². The van der Waals surface area contributed by atoms with Gasteiger partial charge in [-0.2, -0.15) is 5.10 Å². The lowest BCUT2D eigenvalue weighted by Crippen LogP contribution is -2.71. The van der Waals surface area contributed by atoms with Gasteiger partial charge in [0.2, 0.25) is 5.91 Å². The Kier molecular flexibility index (Phi) is 6.71. The average Bonchev–Trinajstić information content (AvgIpc) is 3.50. The van der Waals surface area contributed by atoms with E-state index in [2.05, 4.69) is 24.9 Å². The Balaban J connectivity index is 1.39. The number of piperazine rings is 1. The Labute approximate surface area is 198 Å². The molecule has 2 unspecified atom stereocenters. The number of carbonyl (C=O) groups is 1. The fraction of sp³-hybridized carbons (Fsp3) is 0.565. The van der Waals surface area contributed by atoms with Gasteiger partial charge < -0.3 is 9.64 Å². The van der Waals surface area contributed by atoms with Crippen LogP contribution in [0.3, 0.4) is 0 Å². The van der Waals surface area contributed by atoms with Crippen LogP contribution in [-0.2, 0) is 22.5 Å². The number of amides is 1. The number of nitrogens with zero attached hydrogens (tertiary/aromatic N) is 4. The van der Waals surface area contributed by atoms with Gasteiger partial charge in [0.15, 0.2) is 0 Å². The van der Waals surface area contributed by atoms with Crippen LogP contribution >= 0.6 is 23.2 Å². The van der Waals surface area contributed by atoms with E-state index in [0.717, 1.165) is 37.4 Å². The molecule has 1 N–H and O–H groups in total. The van der Waals surface area contributed by atoms with Gasteiger partial charge in [0.1, 0.15) is 0 Å². The zero-order valence-electron chi connectivity index (χ0n) is 18.1. The first-order chi connectivity index (χ1) is 15.6. The summed E-state index contributed by atoms with van der Waals surface area (Å²) >= 11 is 12.3. The van der Waals surface area contributed by atoms with E-state index in [0.29, 0.717) is 36.2 Å². The molecule has 0 aliphatic carbocycles. The van der Waals surface area contributed by atoms with Crippen LogP contribution in [-0.4, -0.2) is 88.3 Å². The van der Waals surface area contributed by atoms with E-state index < -0.39 is 0 Å². The van der Waals surface area contributed by atoms with Gasteiger partial charge in [0.05, 0.1) is 47.8 Å². The molecule has 9 heteroatoms. The van der Waals surface area contributed by atoms with Gasteiger partial charge in [0.25, 0.3) is 0 Å². The van der Waals surface area contributed by atoms with E-state index in [1.54, 1.807) is 18.3 Å². The molecule has 0 saturated carbocycles. The third-order valence-corrected chi connectivity index (χ3v) is 7.76. The molecule has 32 heavy (non-hydrogen) atoms. The number of nitrogens with one attached hydrogen (secondary N) is 1. The standard InChI is InChI=1S/C23H29Cl2N5O2/c24-18-4-3-16(11-19(18)25)12-22(31)30-10-9-29(13-17-5-6-26-27-17)21-15-32-14-20(23(21)30)28-7-1-2-8-28/h3-6,11,20-21,23H,1-2,7-10,12-15H2,(H,26,27)/t20?,21?,23-/m1/s1. The van der Waals surface area contributed by atoms with Crippen molar-refractivity contribution in [2.24, 2.45) is 0 Å². The van der Waals surface area contributed by atoms with Gasteiger partial charge in [-0.1, -0.05) is 29.3 Å². The zero-order valence-corrected chi connectivity index (χ0v) is 19.6. The van der Waals surface area contributed by atoms with Crippen LogP contribution < -0.4 is 0 Å². The summed E-state index contributed by atoms with van der Waals surface area (Å²) in [5.74, 6) is 0.144. The summed E-state index contributed by atoms with van der Waals surface area (Å²) in [7, 11) is 0. The normalized spacial score (nSPS) is 26.9. The molecule has 4 heterocycles. The number of hydrogen-bond acceptors (Lipinski definition) is 5. The lowest BCUT2D eigenvalue weighted by Gasteiger charge is -2.54. The third-order valence-electron chi connectivity index (χ3n) is 7.02. The minimum atomic E-state index is 0.105. The number of hydrogen-bond donors (Lipinski definition) is 1. The lowest BCUT2D eigenvalue weighted by atomic mass is 9.90. The van der Waals surface area contributed by atoms with Crippen molar-refractivity contribution < 1.29 is 9.53 Å². The Bertz CT molecular complexity index is 934. The quantitative estimate of drug-likeness (QED) is 0.716. The molecule has 3 atom stereocenters. The summed E-state index contributed by atoms with van der Waals surface area (Å²) in [4.78, 5) is 20.6. The van der Waals surface area contributed by atoms with Gasteiger partial charge in [-0.25, -0.2) is 0 Å². The fourth-order valence-electron chi connectivity index (χ4n) is 5.45. The molecule has 3 fully saturated rings. The summed E-state index contributed by atoms with van der Waals surface area (Å²) in [5.41, 5.74) is 1.98. The van der Waals surface area contributed by atoms with E-state index >= 15 is 0 Å². The predicted molar refractivity (Wildman–Crippen MR) is 124 cm³/mol. The average molecular weight is 478 g/mol. The highest BCUT2D eigenvalue weighted by molar-refractivity contribution is 6.42. The van der Waals surface area contributed by atoms with Crippen LogP contribution in [0.25, 0.3) is 0 Å². The van der Waals surface area contributed by atoms with Crippen LogP contribution in [0.15, 0.2) is 30.5 Å². The molecule has 7 nitrogen and oxygen atoms in total. The molecule has 1 aromatic carbocycles. The monoisotopic (exact) mass is 477 g/mol. The second kappa shape index (κ2) is 9.69. The van der Waals surface area contributed by atoms with Crippen molar-refractivity contribution in [3.63, 3.8) is 0 Å². The molecular formula is C23H29Cl2N5O2. The van der Waals surface area contributed by atoms with Crippen LogP contribution in [0.2, 0.25) is 10.0 Å². The highest BCUT2D eigenvalue weighted by Gasteiger charge is 2.47. The number of likely N-dealkylation sites (tertiary alicyclic amines) is 1. The van der Waals surface area contributed by atoms with Crippen LogP contribution in [0.4, 0.5) is 0 Å². The summed E-state index contributed by atoms with van der Waals surface area (Å²) < 4.78 is 6.11. The number of rotatable bonds is 5. The van der Waals surface area contributed by atoms with Crippen molar-refractivity contribution in [3.8, 4) is 0 Å². The van der Waals surface area contributed by atoms with E-state index in [1.807, 2.05) is 12.1 Å². The number of fused-ring (bicyclic) bond motifs is 1. The molecule has 3 aliphatic heterocycles. The van der Waals surface area contributed by atoms with Crippen molar-refractivity contribution in [2.75, 3.05) is 39.4 Å². The van der Waals surface area contributed by atoms with Crippen molar-refractivity contribution in [3.05, 3.63) is 51.8 Å². The van der Waals surface area contributed by atoms with E-state index in [1.165, 1.54) is 12.8 Å². The largest absolute Gasteiger partial charge is 0.378 e. The number of H-pyrrole nitrogens is 1. The first-order valence-electron chi connectivity index (χ1n) is 11.4. The Morgan fingerprint density at radius 3 is 2.62 bits per heavy atom. The van der Waals surface area contributed by atoms with E-state index in [4.69, 9.17) is 27.9 Å². The van der Waals surface area contributed by atoms with Crippen molar-refractivity contribution in [2.45, 2.75) is 43.9 Å². The Morgan fingerprint density at radius 1 is 1.06 bits per heavy atom. The fourth-order valence-corrected chi connectivity index (χ4v) is 5.77. The Hall–Kier alpha value is -1.64. The first-order valence-corrected chi connectivity index (χ1v) is 12.1. The van der Waals surface area contributed by atoms with Crippen LogP contribution in [0.5, 0.6) is 0 Å². The van der Waals surface area contributed by atoms with Gasteiger partial charge in [-0.05, 0) is 49.7 Å². The second-order valence-electron chi connectivity index (χ2n) is 8.97. The first kappa shape index (κ1) is 22.2. The van der Waals surface area contributed by atoms with Crippen molar-refractivity contribution in [1.29, 1.82) is 0 Å². The molecule has 0 bridgehead atoms. The maximum absolute atomic E-state index is 13.6. The minimum Gasteiger partial charge on any atom is -0.378 e. The number of carbonyl (C=O) groups excluding carboxylic acids is 1. The van der Waals surface area contributed by atoms with Crippen LogP contribution in [0.1, 0.15) is 24.1 Å². The third kappa shape index (κ3) is 4.54. The highest BCUT2D eigenvalue weighted by atomic mass is 35.5. The predicted octanol–water partition coefficient (Wildman–Crippen LogP) is 2.84. The molecular weight excluding hydrogens is 449 g/mol. The Morgan fingerprint density at radius 2 is 1.88 bits per heavy atom. The summed E-state index contributed by atoms with van der Waals surface area (Å²) in [6, 6.07) is 7.95. The molecule has 0 radical (unpaired) electrons. The number of ether oxygens (including phenoxy) is 1. The smallest absolute Gasteiger partial charge is 0.227 e. The van der Waals surface area contributed by atoms with Crippen molar-refractivity contribution >= 4 is 29.1 Å². The number of aromatic nitrogens is 2. The second-order valence-corrected chi connectivity index (χ2v) is 9.78. The molecule has 3 saturated heterocycles.